The number of carboxylic acids is 1. The van der Waals surface area contributed by atoms with Gasteiger partial charge >= 0.3 is 12.1 Å². The smallest absolute Gasteiger partial charge is 0.410 e. The topological polar surface area (TPSA) is 66.8 Å². The summed E-state index contributed by atoms with van der Waals surface area (Å²) in [5, 5.41) is 9.72. The lowest BCUT2D eigenvalue weighted by Crippen LogP contribution is -2.57. The molecular formula is C17H23NO4. The fourth-order valence-corrected chi connectivity index (χ4v) is 3.45. The van der Waals surface area contributed by atoms with Crippen molar-refractivity contribution in [2.24, 2.45) is 5.92 Å². The molecule has 0 bridgehead atoms. The number of hydrogen-bond donors (Lipinski definition) is 1. The van der Waals surface area contributed by atoms with Gasteiger partial charge in [0.1, 0.15) is 12.1 Å². The molecule has 5 heteroatoms. The number of likely N-dealkylation sites (N-methyl/N-ethyl adjacent to an activating group) is 1. The highest BCUT2D eigenvalue weighted by atomic mass is 16.6. The molecule has 2 unspecified atom stereocenters. The number of ether oxygens (including phenoxy) is 1. The standard InChI is InChI=1S/C17H23NO4/c1-3-14-10-7-11-17(14,15(19)20)18(2)16(21)22-12-13-8-5-4-6-9-13/h4-6,8-9,14H,3,7,10-12H2,1-2H3,(H,19,20). The van der Waals surface area contributed by atoms with Gasteiger partial charge < -0.3 is 9.84 Å². The van der Waals surface area contributed by atoms with E-state index in [0.717, 1.165) is 24.8 Å². The van der Waals surface area contributed by atoms with Crippen LogP contribution in [-0.2, 0) is 16.1 Å². The van der Waals surface area contributed by atoms with Gasteiger partial charge in [-0.25, -0.2) is 9.59 Å². The van der Waals surface area contributed by atoms with Crippen LogP contribution in [0.4, 0.5) is 4.79 Å². The summed E-state index contributed by atoms with van der Waals surface area (Å²) in [5.41, 5.74) is -0.255. The average molecular weight is 305 g/mol. The number of carbonyl (C=O) groups is 2. The fraction of sp³-hybridized carbons (Fsp3) is 0.529. The second-order valence-corrected chi connectivity index (χ2v) is 5.83. The lowest BCUT2D eigenvalue weighted by molar-refractivity contribution is -0.152. The van der Waals surface area contributed by atoms with Gasteiger partial charge in [0.25, 0.3) is 0 Å². The van der Waals surface area contributed by atoms with Crippen LogP contribution in [-0.4, -0.2) is 34.7 Å². The SMILES string of the molecule is CCC1CCCC1(C(=O)O)N(C)C(=O)OCc1ccccc1. The van der Waals surface area contributed by atoms with Gasteiger partial charge in [0, 0.05) is 7.05 Å². The Morgan fingerprint density at radius 2 is 2.05 bits per heavy atom. The molecule has 22 heavy (non-hydrogen) atoms. The molecule has 1 aliphatic carbocycles. The van der Waals surface area contributed by atoms with Crippen molar-refractivity contribution in [1.82, 2.24) is 4.90 Å². The van der Waals surface area contributed by atoms with Crippen LogP contribution in [0.25, 0.3) is 0 Å². The third-order valence-corrected chi connectivity index (χ3v) is 4.73. The maximum Gasteiger partial charge on any atom is 0.410 e. The number of amides is 1. The minimum Gasteiger partial charge on any atom is -0.479 e. The Hall–Kier alpha value is -2.04. The average Bonchev–Trinajstić information content (AvgIpc) is 2.97. The number of rotatable bonds is 5. The maximum absolute atomic E-state index is 12.3. The van der Waals surface area contributed by atoms with E-state index >= 15 is 0 Å². The summed E-state index contributed by atoms with van der Waals surface area (Å²) < 4.78 is 5.29. The second-order valence-electron chi connectivity index (χ2n) is 5.83. The zero-order valence-corrected chi connectivity index (χ0v) is 13.1. The predicted octanol–water partition coefficient (Wildman–Crippen LogP) is 3.29. The fourth-order valence-electron chi connectivity index (χ4n) is 3.45. The van der Waals surface area contributed by atoms with Crippen LogP contribution in [0, 0.1) is 5.92 Å². The van der Waals surface area contributed by atoms with E-state index in [4.69, 9.17) is 4.74 Å². The van der Waals surface area contributed by atoms with Crippen LogP contribution in [0.2, 0.25) is 0 Å². The molecule has 1 fully saturated rings. The summed E-state index contributed by atoms with van der Waals surface area (Å²) >= 11 is 0. The Morgan fingerprint density at radius 1 is 1.36 bits per heavy atom. The molecule has 0 spiro atoms. The second kappa shape index (κ2) is 6.81. The first-order valence-corrected chi connectivity index (χ1v) is 7.70. The minimum atomic E-state index is -1.14. The van der Waals surface area contributed by atoms with Crippen molar-refractivity contribution in [1.29, 1.82) is 0 Å². The number of carboxylic acid groups (broad SMARTS) is 1. The van der Waals surface area contributed by atoms with Crippen LogP contribution in [0.5, 0.6) is 0 Å². The van der Waals surface area contributed by atoms with Crippen molar-refractivity contribution < 1.29 is 19.4 Å². The van der Waals surface area contributed by atoms with Gasteiger partial charge in [0.05, 0.1) is 0 Å². The van der Waals surface area contributed by atoms with Crippen LogP contribution in [0.1, 0.15) is 38.2 Å². The number of hydrogen-bond acceptors (Lipinski definition) is 3. The molecule has 0 aliphatic heterocycles. The van der Waals surface area contributed by atoms with E-state index in [2.05, 4.69) is 0 Å². The largest absolute Gasteiger partial charge is 0.479 e. The van der Waals surface area contributed by atoms with Gasteiger partial charge in [0.15, 0.2) is 0 Å². The third kappa shape index (κ3) is 2.93. The van der Waals surface area contributed by atoms with Crippen molar-refractivity contribution in [3.63, 3.8) is 0 Å². The van der Waals surface area contributed by atoms with Gasteiger partial charge in [-0.3, -0.25) is 4.90 Å². The van der Waals surface area contributed by atoms with Gasteiger partial charge in [-0.15, -0.1) is 0 Å². The molecule has 1 N–H and O–H groups in total. The van der Waals surface area contributed by atoms with Gasteiger partial charge in [-0.1, -0.05) is 50.1 Å². The van der Waals surface area contributed by atoms with E-state index < -0.39 is 17.6 Å². The summed E-state index contributed by atoms with van der Waals surface area (Å²) in [5.74, 6) is -0.963. The maximum atomic E-state index is 12.3. The van der Waals surface area contributed by atoms with Gasteiger partial charge in [-0.05, 0) is 24.3 Å². The molecule has 2 atom stereocenters. The summed E-state index contributed by atoms with van der Waals surface area (Å²) in [7, 11) is 1.54. The number of carbonyl (C=O) groups excluding carboxylic acids is 1. The first-order valence-electron chi connectivity index (χ1n) is 7.70. The van der Waals surface area contributed by atoms with E-state index in [9.17, 15) is 14.7 Å². The number of nitrogens with zero attached hydrogens (tertiary/aromatic N) is 1. The summed E-state index contributed by atoms with van der Waals surface area (Å²) in [4.78, 5) is 25.5. The van der Waals surface area contributed by atoms with E-state index in [1.165, 1.54) is 11.9 Å². The predicted molar refractivity (Wildman–Crippen MR) is 82.4 cm³/mol. The molecule has 1 aromatic carbocycles. The Balaban J connectivity index is 2.09. The molecule has 1 amide bonds. The molecule has 1 aromatic rings. The summed E-state index contributed by atoms with van der Waals surface area (Å²) in [6.45, 7) is 2.12. The number of benzene rings is 1. The van der Waals surface area contributed by atoms with E-state index in [1.807, 2.05) is 37.3 Å². The van der Waals surface area contributed by atoms with Crippen LogP contribution < -0.4 is 0 Å². The Bertz CT molecular complexity index is 531. The molecular weight excluding hydrogens is 282 g/mol. The first kappa shape index (κ1) is 16.3. The molecule has 1 aliphatic rings. The zero-order valence-electron chi connectivity index (χ0n) is 13.1. The molecule has 0 aromatic heterocycles. The monoisotopic (exact) mass is 305 g/mol. The Morgan fingerprint density at radius 3 is 2.64 bits per heavy atom. The van der Waals surface area contributed by atoms with Crippen molar-refractivity contribution in [3.05, 3.63) is 35.9 Å². The van der Waals surface area contributed by atoms with Crippen LogP contribution in [0.3, 0.4) is 0 Å². The van der Waals surface area contributed by atoms with Crippen molar-refractivity contribution >= 4 is 12.1 Å². The Kier molecular flexibility index (Phi) is 5.06. The molecule has 0 heterocycles. The van der Waals surface area contributed by atoms with Crippen LogP contribution >= 0.6 is 0 Å². The van der Waals surface area contributed by atoms with E-state index in [1.54, 1.807) is 0 Å². The molecule has 5 nitrogen and oxygen atoms in total. The molecule has 2 rings (SSSR count). The highest BCUT2D eigenvalue weighted by Gasteiger charge is 2.53. The highest BCUT2D eigenvalue weighted by Crippen LogP contribution is 2.42. The van der Waals surface area contributed by atoms with Crippen molar-refractivity contribution in [2.45, 2.75) is 44.8 Å². The van der Waals surface area contributed by atoms with E-state index in [0.29, 0.717) is 6.42 Å². The van der Waals surface area contributed by atoms with Crippen molar-refractivity contribution in [2.75, 3.05) is 7.05 Å². The van der Waals surface area contributed by atoms with Gasteiger partial charge in [0.2, 0.25) is 0 Å². The molecule has 0 radical (unpaired) electrons. The molecule has 1 saturated carbocycles. The van der Waals surface area contributed by atoms with Crippen molar-refractivity contribution in [3.8, 4) is 0 Å². The summed E-state index contributed by atoms with van der Waals surface area (Å²) in [6, 6.07) is 9.36. The third-order valence-electron chi connectivity index (χ3n) is 4.73. The number of aliphatic carboxylic acids is 1. The first-order chi connectivity index (χ1) is 10.5. The molecule has 120 valence electrons. The van der Waals surface area contributed by atoms with Gasteiger partial charge in [-0.2, -0.15) is 0 Å². The lowest BCUT2D eigenvalue weighted by atomic mass is 9.84. The summed E-state index contributed by atoms with van der Waals surface area (Å²) in [6.07, 6.45) is 2.30. The van der Waals surface area contributed by atoms with Crippen LogP contribution in [0.15, 0.2) is 30.3 Å². The quantitative estimate of drug-likeness (QED) is 0.906. The van der Waals surface area contributed by atoms with E-state index in [-0.39, 0.29) is 12.5 Å². The molecule has 0 saturated heterocycles. The normalized spacial score (nSPS) is 24.0. The minimum absolute atomic E-state index is 0.0284. The zero-order chi connectivity index (χ0) is 16.2. The highest BCUT2D eigenvalue weighted by molar-refractivity contribution is 5.85. The Labute approximate surface area is 130 Å². The lowest BCUT2D eigenvalue weighted by Gasteiger charge is -2.38.